The normalized spacial score (nSPS) is 31.3. The molecule has 1 saturated carbocycles. The topological polar surface area (TPSA) is 37.3 Å². The highest BCUT2D eigenvalue weighted by Gasteiger charge is 2.35. The van der Waals surface area contributed by atoms with Crippen molar-refractivity contribution >= 4 is 5.97 Å². The average Bonchev–Trinajstić information content (AvgIpc) is 1.99. The van der Waals surface area contributed by atoms with Crippen molar-refractivity contribution in [3.63, 3.8) is 0 Å². The summed E-state index contributed by atoms with van der Waals surface area (Å²) < 4.78 is 0. The quantitative estimate of drug-likeness (QED) is 0.708. The molecule has 0 heterocycles. The molecule has 1 N–H and O–H groups in total. The molecule has 2 nitrogen and oxygen atoms in total. The van der Waals surface area contributed by atoms with Gasteiger partial charge in [0.05, 0.1) is 0 Å². The largest absolute Gasteiger partial charge is 0.478 e. The second-order valence-electron chi connectivity index (χ2n) is 5.66. The number of carbonyl (C=O) groups is 1. The van der Waals surface area contributed by atoms with Crippen LogP contribution in [0.3, 0.4) is 0 Å². The summed E-state index contributed by atoms with van der Waals surface area (Å²) in [5, 5.41) is 9.11. The van der Waals surface area contributed by atoms with E-state index < -0.39 is 5.97 Å². The van der Waals surface area contributed by atoms with Crippen LogP contribution < -0.4 is 0 Å². The van der Waals surface area contributed by atoms with E-state index in [4.69, 9.17) is 5.11 Å². The van der Waals surface area contributed by atoms with Crippen LogP contribution in [0.2, 0.25) is 0 Å². The molecule has 0 aromatic heterocycles. The lowest BCUT2D eigenvalue weighted by atomic mass is 9.66. The SMILES string of the molecule is CC=C(C(=O)O)[C@H]1C[C@@H](C)CC(C)(C)C1. The van der Waals surface area contributed by atoms with E-state index in [0.717, 1.165) is 12.8 Å². The lowest BCUT2D eigenvalue weighted by Gasteiger charge is -2.39. The third kappa shape index (κ3) is 3.08. The predicted octanol–water partition coefficient (Wildman–Crippen LogP) is 3.48. The maximum atomic E-state index is 11.1. The fraction of sp³-hybridized carbons (Fsp3) is 0.769. The van der Waals surface area contributed by atoms with Gasteiger partial charge in [0.25, 0.3) is 0 Å². The molecule has 0 aromatic carbocycles. The molecule has 15 heavy (non-hydrogen) atoms. The van der Waals surface area contributed by atoms with Crippen LogP contribution in [-0.4, -0.2) is 11.1 Å². The Kier molecular flexibility index (Phi) is 3.58. The molecule has 1 aliphatic rings. The van der Waals surface area contributed by atoms with Crippen molar-refractivity contribution in [3.05, 3.63) is 11.6 Å². The van der Waals surface area contributed by atoms with Crippen LogP contribution in [0.25, 0.3) is 0 Å². The third-order valence-electron chi connectivity index (χ3n) is 3.38. The van der Waals surface area contributed by atoms with E-state index in [-0.39, 0.29) is 11.3 Å². The summed E-state index contributed by atoms with van der Waals surface area (Å²) in [6.07, 6.45) is 5.00. The number of hydrogen-bond acceptors (Lipinski definition) is 1. The van der Waals surface area contributed by atoms with Crippen LogP contribution >= 0.6 is 0 Å². The predicted molar refractivity (Wildman–Crippen MR) is 61.7 cm³/mol. The number of hydrogen-bond donors (Lipinski definition) is 1. The molecule has 2 heteroatoms. The summed E-state index contributed by atoms with van der Waals surface area (Å²) in [6.45, 7) is 8.54. The number of allylic oxidation sites excluding steroid dienone is 1. The van der Waals surface area contributed by atoms with Crippen LogP contribution in [0.4, 0.5) is 0 Å². The summed E-state index contributed by atoms with van der Waals surface area (Å²) in [5.41, 5.74) is 0.890. The van der Waals surface area contributed by atoms with Crippen molar-refractivity contribution in [2.75, 3.05) is 0 Å². The van der Waals surface area contributed by atoms with Crippen molar-refractivity contribution in [2.45, 2.75) is 47.0 Å². The first-order valence-corrected chi connectivity index (χ1v) is 5.75. The Labute approximate surface area is 92.4 Å². The fourth-order valence-corrected chi connectivity index (χ4v) is 3.12. The van der Waals surface area contributed by atoms with E-state index in [1.54, 1.807) is 6.08 Å². The highest BCUT2D eigenvalue weighted by Crippen LogP contribution is 2.44. The van der Waals surface area contributed by atoms with Gasteiger partial charge >= 0.3 is 5.97 Å². The van der Waals surface area contributed by atoms with Gasteiger partial charge in [0.1, 0.15) is 0 Å². The lowest BCUT2D eigenvalue weighted by molar-refractivity contribution is -0.133. The van der Waals surface area contributed by atoms with E-state index in [9.17, 15) is 4.79 Å². The molecular weight excluding hydrogens is 188 g/mol. The summed E-state index contributed by atoms with van der Waals surface area (Å²) in [4.78, 5) is 11.1. The van der Waals surface area contributed by atoms with E-state index in [1.165, 1.54) is 6.42 Å². The molecule has 0 aromatic rings. The van der Waals surface area contributed by atoms with Gasteiger partial charge in [-0.15, -0.1) is 0 Å². The van der Waals surface area contributed by atoms with Crippen molar-refractivity contribution in [3.8, 4) is 0 Å². The van der Waals surface area contributed by atoms with E-state index in [0.29, 0.717) is 11.5 Å². The maximum absolute atomic E-state index is 11.1. The number of rotatable bonds is 2. The zero-order valence-corrected chi connectivity index (χ0v) is 10.2. The minimum absolute atomic E-state index is 0.242. The highest BCUT2D eigenvalue weighted by molar-refractivity contribution is 5.87. The van der Waals surface area contributed by atoms with Crippen LogP contribution in [-0.2, 0) is 4.79 Å². The molecule has 0 saturated heterocycles. The Morgan fingerprint density at radius 2 is 2.00 bits per heavy atom. The van der Waals surface area contributed by atoms with Gasteiger partial charge in [0.15, 0.2) is 0 Å². The van der Waals surface area contributed by atoms with Crippen molar-refractivity contribution < 1.29 is 9.90 Å². The van der Waals surface area contributed by atoms with Gasteiger partial charge in [-0.2, -0.15) is 0 Å². The highest BCUT2D eigenvalue weighted by atomic mass is 16.4. The fourth-order valence-electron chi connectivity index (χ4n) is 3.12. The molecule has 1 aliphatic carbocycles. The van der Waals surface area contributed by atoms with E-state index in [1.807, 2.05) is 6.92 Å². The minimum atomic E-state index is -0.743. The third-order valence-corrected chi connectivity index (χ3v) is 3.38. The first-order chi connectivity index (χ1) is 6.85. The Hall–Kier alpha value is -0.790. The Morgan fingerprint density at radius 3 is 2.40 bits per heavy atom. The Morgan fingerprint density at radius 1 is 1.40 bits per heavy atom. The summed E-state index contributed by atoms with van der Waals surface area (Å²) in [5.74, 6) is 0.131. The smallest absolute Gasteiger partial charge is 0.331 e. The van der Waals surface area contributed by atoms with Gasteiger partial charge in [0.2, 0.25) is 0 Å². The molecule has 1 rings (SSSR count). The van der Waals surface area contributed by atoms with Crippen molar-refractivity contribution in [2.24, 2.45) is 17.3 Å². The molecule has 0 unspecified atom stereocenters. The van der Waals surface area contributed by atoms with Gasteiger partial charge in [-0.05, 0) is 43.4 Å². The molecule has 0 bridgehead atoms. The average molecular weight is 210 g/mol. The summed E-state index contributed by atoms with van der Waals surface area (Å²) in [6, 6.07) is 0. The molecule has 0 radical (unpaired) electrons. The van der Waals surface area contributed by atoms with Crippen LogP contribution in [0.1, 0.15) is 47.0 Å². The van der Waals surface area contributed by atoms with Crippen molar-refractivity contribution in [1.82, 2.24) is 0 Å². The Balaban J connectivity index is 2.82. The van der Waals surface area contributed by atoms with Crippen LogP contribution in [0.15, 0.2) is 11.6 Å². The number of carboxylic acids is 1. The first-order valence-electron chi connectivity index (χ1n) is 5.75. The molecule has 0 aliphatic heterocycles. The Bertz CT molecular complexity index is 276. The second kappa shape index (κ2) is 4.38. The zero-order valence-electron chi connectivity index (χ0n) is 10.2. The maximum Gasteiger partial charge on any atom is 0.331 e. The molecular formula is C13H22O2. The molecule has 1 fully saturated rings. The van der Waals surface area contributed by atoms with Gasteiger partial charge in [-0.1, -0.05) is 26.8 Å². The molecule has 2 atom stereocenters. The van der Waals surface area contributed by atoms with E-state index >= 15 is 0 Å². The van der Waals surface area contributed by atoms with Gasteiger partial charge < -0.3 is 5.11 Å². The second-order valence-corrected chi connectivity index (χ2v) is 5.66. The zero-order chi connectivity index (χ0) is 11.6. The van der Waals surface area contributed by atoms with Crippen LogP contribution in [0.5, 0.6) is 0 Å². The molecule has 0 spiro atoms. The summed E-state index contributed by atoms with van der Waals surface area (Å²) >= 11 is 0. The van der Waals surface area contributed by atoms with Crippen molar-refractivity contribution in [1.29, 1.82) is 0 Å². The van der Waals surface area contributed by atoms with E-state index in [2.05, 4.69) is 20.8 Å². The summed E-state index contributed by atoms with van der Waals surface area (Å²) in [7, 11) is 0. The van der Waals surface area contributed by atoms with Gasteiger partial charge in [0, 0.05) is 5.57 Å². The molecule has 0 amide bonds. The lowest BCUT2D eigenvalue weighted by Crippen LogP contribution is -2.30. The number of carboxylic acid groups (broad SMARTS) is 1. The van der Waals surface area contributed by atoms with Gasteiger partial charge in [-0.3, -0.25) is 0 Å². The van der Waals surface area contributed by atoms with Gasteiger partial charge in [-0.25, -0.2) is 4.79 Å². The first kappa shape index (κ1) is 12.3. The number of aliphatic carboxylic acids is 1. The standard InChI is InChI=1S/C13H22O2/c1-5-11(12(14)15)10-6-9(2)7-13(3,4)8-10/h5,9-10H,6-8H2,1-4H3,(H,14,15)/t9-,10+/m1/s1. The molecule has 86 valence electrons. The van der Waals surface area contributed by atoms with Crippen LogP contribution in [0, 0.1) is 17.3 Å². The minimum Gasteiger partial charge on any atom is -0.478 e. The monoisotopic (exact) mass is 210 g/mol.